The Balaban J connectivity index is 2.64. The average Bonchev–Trinajstić information content (AvgIpc) is 2.55. The number of Topliss-reactive ketones (excluding diaryl/α,β-unsaturated/α-hetero) is 1. The predicted molar refractivity (Wildman–Crippen MR) is 57.2 cm³/mol. The molecule has 0 spiro atoms. The number of hydrogen-bond donors (Lipinski definition) is 1. The van der Waals surface area contributed by atoms with Crippen molar-refractivity contribution in [2.24, 2.45) is 0 Å². The fourth-order valence-corrected chi connectivity index (χ4v) is 1.67. The Hall–Kier alpha value is -2.23. The van der Waals surface area contributed by atoms with Gasteiger partial charge in [-0.05, 0) is 12.5 Å². The van der Waals surface area contributed by atoms with Gasteiger partial charge in [0.1, 0.15) is 0 Å². The summed E-state index contributed by atoms with van der Waals surface area (Å²) in [6.07, 6.45) is 0. The Bertz CT molecular complexity index is 514. The lowest BCUT2D eigenvalue weighted by Gasteiger charge is -2.00. The predicted octanol–water partition coefficient (Wildman–Crippen LogP) is 0.686. The first-order valence-electron chi connectivity index (χ1n) is 4.77. The first-order valence-corrected chi connectivity index (χ1v) is 4.77. The molecule has 4 heteroatoms. The van der Waals surface area contributed by atoms with E-state index in [9.17, 15) is 14.4 Å². The highest BCUT2D eigenvalue weighted by Crippen LogP contribution is 2.24. The van der Waals surface area contributed by atoms with Crippen molar-refractivity contribution in [3.05, 3.63) is 41.5 Å². The first-order chi connectivity index (χ1) is 7.61. The monoisotopic (exact) mass is 215 g/mol. The van der Waals surface area contributed by atoms with Crippen LogP contribution in [-0.4, -0.2) is 17.6 Å². The van der Waals surface area contributed by atoms with Crippen molar-refractivity contribution in [1.82, 2.24) is 5.32 Å². The van der Waals surface area contributed by atoms with Gasteiger partial charge < -0.3 is 0 Å². The molecule has 2 rings (SSSR count). The molecule has 0 unspecified atom stereocenters. The second-order valence-corrected chi connectivity index (χ2v) is 3.46. The summed E-state index contributed by atoms with van der Waals surface area (Å²) >= 11 is 0. The van der Waals surface area contributed by atoms with Gasteiger partial charge in [0.15, 0.2) is 5.78 Å². The van der Waals surface area contributed by atoms with E-state index < -0.39 is 17.6 Å². The third kappa shape index (κ3) is 1.54. The Morgan fingerprint density at radius 3 is 2.25 bits per heavy atom. The molecule has 0 saturated heterocycles. The van der Waals surface area contributed by atoms with E-state index in [0.717, 1.165) is 0 Å². The van der Waals surface area contributed by atoms with Crippen LogP contribution in [0.1, 0.15) is 12.5 Å². The van der Waals surface area contributed by atoms with Crippen LogP contribution < -0.4 is 5.32 Å². The number of imide groups is 1. The molecule has 4 nitrogen and oxygen atoms in total. The van der Waals surface area contributed by atoms with Gasteiger partial charge in [-0.3, -0.25) is 19.7 Å². The van der Waals surface area contributed by atoms with Crippen LogP contribution in [0.4, 0.5) is 0 Å². The average molecular weight is 215 g/mol. The molecule has 1 aliphatic heterocycles. The maximum Gasteiger partial charge on any atom is 0.262 e. The van der Waals surface area contributed by atoms with Crippen molar-refractivity contribution >= 4 is 23.2 Å². The van der Waals surface area contributed by atoms with Gasteiger partial charge in [0, 0.05) is 0 Å². The van der Waals surface area contributed by atoms with Crippen molar-refractivity contribution in [1.29, 1.82) is 0 Å². The Labute approximate surface area is 92.0 Å². The minimum atomic E-state index is -0.614. The number of hydrogen-bond acceptors (Lipinski definition) is 3. The molecule has 0 atom stereocenters. The zero-order valence-corrected chi connectivity index (χ0v) is 8.61. The number of ketones is 1. The van der Waals surface area contributed by atoms with Crippen LogP contribution >= 0.6 is 0 Å². The Morgan fingerprint density at radius 2 is 1.69 bits per heavy atom. The molecule has 2 amide bonds. The molecule has 0 radical (unpaired) electrons. The van der Waals surface area contributed by atoms with Crippen LogP contribution in [0.5, 0.6) is 0 Å². The van der Waals surface area contributed by atoms with Crippen LogP contribution in [-0.2, 0) is 14.4 Å². The van der Waals surface area contributed by atoms with Crippen LogP contribution in [0.2, 0.25) is 0 Å². The summed E-state index contributed by atoms with van der Waals surface area (Å²) in [4.78, 5) is 34.3. The molecule has 1 heterocycles. The molecule has 0 bridgehead atoms. The summed E-state index contributed by atoms with van der Waals surface area (Å²) in [5.74, 6) is -1.53. The van der Waals surface area contributed by atoms with E-state index in [1.165, 1.54) is 6.92 Å². The minimum absolute atomic E-state index is 0.0591. The van der Waals surface area contributed by atoms with E-state index in [1.54, 1.807) is 30.3 Å². The molecular weight excluding hydrogens is 206 g/mol. The fourth-order valence-electron chi connectivity index (χ4n) is 1.67. The summed E-state index contributed by atoms with van der Waals surface area (Å²) in [7, 11) is 0. The number of benzene rings is 1. The molecule has 16 heavy (non-hydrogen) atoms. The van der Waals surface area contributed by atoms with Crippen molar-refractivity contribution < 1.29 is 14.4 Å². The first kappa shape index (κ1) is 10.3. The van der Waals surface area contributed by atoms with Crippen molar-refractivity contribution in [3.8, 4) is 0 Å². The molecule has 1 aromatic rings. The van der Waals surface area contributed by atoms with Crippen LogP contribution in [0, 0.1) is 0 Å². The Kier molecular flexibility index (Phi) is 2.40. The van der Waals surface area contributed by atoms with Crippen molar-refractivity contribution in [2.45, 2.75) is 6.92 Å². The maximum atomic E-state index is 11.6. The van der Waals surface area contributed by atoms with Crippen LogP contribution in [0.3, 0.4) is 0 Å². The largest absolute Gasteiger partial charge is 0.294 e. The summed E-state index contributed by atoms with van der Waals surface area (Å²) in [5.41, 5.74) is 0.686. The van der Waals surface area contributed by atoms with E-state index in [0.29, 0.717) is 5.56 Å². The second-order valence-electron chi connectivity index (χ2n) is 3.46. The standard InChI is InChI=1S/C12H9NO3/c1-7(14)9-10(12(16)13-11(9)15)8-5-3-2-4-6-8/h2-6H,1H3,(H,13,15,16). The van der Waals surface area contributed by atoms with Gasteiger partial charge >= 0.3 is 0 Å². The lowest BCUT2D eigenvalue weighted by atomic mass is 10.00. The van der Waals surface area contributed by atoms with Gasteiger partial charge in [-0.1, -0.05) is 30.3 Å². The molecule has 0 saturated carbocycles. The summed E-state index contributed by atoms with van der Waals surface area (Å²) in [5, 5.41) is 2.12. The van der Waals surface area contributed by atoms with Gasteiger partial charge in [0.25, 0.3) is 11.8 Å². The fraction of sp³-hybridized carbons (Fsp3) is 0.0833. The van der Waals surface area contributed by atoms with Crippen LogP contribution in [0.25, 0.3) is 5.57 Å². The lowest BCUT2D eigenvalue weighted by molar-refractivity contribution is -0.124. The zero-order chi connectivity index (χ0) is 11.7. The number of rotatable bonds is 2. The van der Waals surface area contributed by atoms with Crippen molar-refractivity contribution in [3.63, 3.8) is 0 Å². The third-order valence-electron chi connectivity index (χ3n) is 2.35. The topological polar surface area (TPSA) is 63.2 Å². The number of carbonyl (C=O) groups is 3. The Morgan fingerprint density at radius 1 is 1.06 bits per heavy atom. The smallest absolute Gasteiger partial charge is 0.262 e. The van der Waals surface area contributed by atoms with Crippen molar-refractivity contribution in [2.75, 3.05) is 0 Å². The molecule has 0 fully saturated rings. The highest BCUT2D eigenvalue weighted by atomic mass is 16.2. The number of amides is 2. The minimum Gasteiger partial charge on any atom is -0.294 e. The number of nitrogens with one attached hydrogen (secondary N) is 1. The van der Waals surface area contributed by atoms with Gasteiger partial charge in [0.05, 0.1) is 11.1 Å². The summed E-state index contributed by atoms with van der Waals surface area (Å²) < 4.78 is 0. The molecule has 80 valence electrons. The summed E-state index contributed by atoms with van der Waals surface area (Å²) in [6, 6.07) is 8.67. The zero-order valence-electron chi connectivity index (χ0n) is 8.61. The van der Waals surface area contributed by atoms with Gasteiger partial charge in [-0.2, -0.15) is 0 Å². The maximum absolute atomic E-state index is 11.6. The highest BCUT2D eigenvalue weighted by molar-refractivity contribution is 6.44. The summed E-state index contributed by atoms with van der Waals surface area (Å²) in [6.45, 7) is 1.27. The highest BCUT2D eigenvalue weighted by Gasteiger charge is 2.33. The number of carbonyl (C=O) groups excluding carboxylic acids is 3. The molecular formula is C12H9NO3. The molecule has 1 aromatic carbocycles. The van der Waals surface area contributed by atoms with E-state index in [1.807, 2.05) is 0 Å². The third-order valence-corrected chi connectivity index (χ3v) is 2.35. The SMILES string of the molecule is CC(=O)C1=C(c2ccccc2)C(=O)NC1=O. The van der Waals surface area contributed by atoms with E-state index in [4.69, 9.17) is 0 Å². The lowest BCUT2D eigenvalue weighted by Crippen LogP contribution is -2.24. The van der Waals surface area contributed by atoms with Gasteiger partial charge in [-0.15, -0.1) is 0 Å². The normalized spacial score (nSPS) is 15.3. The van der Waals surface area contributed by atoms with E-state index in [2.05, 4.69) is 5.32 Å². The van der Waals surface area contributed by atoms with E-state index in [-0.39, 0.29) is 11.1 Å². The molecule has 0 aromatic heterocycles. The second kappa shape index (κ2) is 3.73. The quantitative estimate of drug-likeness (QED) is 0.583. The van der Waals surface area contributed by atoms with Gasteiger partial charge in [0.2, 0.25) is 0 Å². The van der Waals surface area contributed by atoms with E-state index >= 15 is 0 Å². The molecule has 0 aliphatic carbocycles. The van der Waals surface area contributed by atoms with Crippen LogP contribution in [0.15, 0.2) is 35.9 Å². The molecule has 1 N–H and O–H groups in total. The van der Waals surface area contributed by atoms with Gasteiger partial charge in [-0.25, -0.2) is 0 Å². The molecule has 1 aliphatic rings.